The molecule has 0 bridgehead atoms. The Hall–Kier alpha value is -2.29. The van der Waals surface area contributed by atoms with Crippen LogP contribution in [0.1, 0.15) is 24.0 Å². The molecule has 0 unspecified atom stereocenters. The first-order valence-corrected chi connectivity index (χ1v) is 8.72. The van der Waals surface area contributed by atoms with Gasteiger partial charge in [-0.3, -0.25) is 4.79 Å². The van der Waals surface area contributed by atoms with Crippen LogP contribution in [0.5, 0.6) is 5.75 Å². The molecule has 0 N–H and O–H groups in total. The van der Waals surface area contributed by atoms with Crippen molar-refractivity contribution in [3.05, 3.63) is 65.7 Å². The first-order chi connectivity index (χ1) is 11.7. The first-order valence-electron chi connectivity index (χ1n) is 8.72. The molecule has 0 atom stereocenters. The van der Waals surface area contributed by atoms with Gasteiger partial charge in [0.2, 0.25) is 5.91 Å². The molecule has 1 saturated heterocycles. The van der Waals surface area contributed by atoms with Gasteiger partial charge in [-0.1, -0.05) is 42.5 Å². The number of piperidine rings is 1. The van der Waals surface area contributed by atoms with E-state index >= 15 is 0 Å². The molecule has 3 nitrogen and oxygen atoms in total. The molecular formula is C21H25NO2. The smallest absolute Gasteiger partial charge is 0.226 e. The summed E-state index contributed by atoms with van der Waals surface area (Å²) in [5, 5.41) is 0. The van der Waals surface area contributed by atoms with Gasteiger partial charge in [-0.15, -0.1) is 0 Å². The molecule has 0 radical (unpaired) electrons. The molecule has 1 heterocycles. The van der Waals surface area contributed by atoms with Gasteiger partial charge in [0, 0.05) is 13.1 Å². The summed E-state index contributed by atoms with van der Waals surface area (Å²) in [5.74, 6) is 1.71. The molecule has 1 fully saturated rings. The molecule has 126 valence electrons. The van der Waals surface area contributed by atoms with Crippen molar-refractivity contribution in [3.8, 4) is 5.75 Å². The van der Waals surface area contributed by atoms with Crippen molar-refractivity contribution in [2.24, 2.45) is 5.92 Å². The number of aryl methyl sites for hydroxylation is 1. The van der Waals surface area contributed by atoms with Crippen LogP contribution in [0.3, 0.4) is 0 Å². The fraction of sp³-hybridized carbons (Fsp3) is 0.381. The molecular weight excluding hydrogens is 298 g/mol. The monoisotopic (exact) mass is 323 g/mol. The average molecular weight is 323 g/mol. The maximum atomic E-state index is 12.4. The van der Waals surface area contributed by atoms with Gasteiger partial charge in [0.1, 0.15) is 5.75 Å². The highest BCUT2D eigenvalue weighted by molar-refractivity contribution is 5.78. The van der Waals surface area contributed by atoms with Crippen molar-refractivity contribution >= 4 is 5.91 Å². The lowest BCUT2D eigenvalue weighted by molar-refractivity contribution is -0.132. The van der Waals surface area contributed by atoms with Crippen LogP contribution in [-0.2, 0) is 11.2 Å². The zero-order chi connectivity index (χ0) is 16.8. The van der Waals surface area contributed by atoms with E-state index in [1.807, 2.05) is 47.4 Å². The highest BCUT2D eigenvalue weighted by Crippen LogP contribution is 2.20. The normalized spacial score (nSPS) is 15.3. The van der Waals surface area contributed by atoms with E-state index in [0.717, 1.165) is 43.9 Å². The van der Waals surface area contributed by atoms with Crippen molar-refractivity contribution < 1.29 is 9.53 Å². The van der Waals surface area contributed by atoms with Gasteiger partial charge in [0.15, 0.2) is 0 Å². The minimum atomic E-state index is 0.235. The van der Waals surface area contributed by atoms with E-state index in [0.29, 0.717) is 12.3 Å². The first kappa shape index (κ1) is 16.6. The van der Waals surface area contributed by atoms with Gasteiger partial charge in [-0.2, -0.15) is 0 Å². The van der Waals surface area contributed by atoms with Crippen LogP contribution in [-0.4, -0.2) is 30.5 Å². The predicted molar refractivity (Wildman–Crippen MR) is 96.1 cm³/mol. The van der Waals surface area contributed by atoms with Crippen LogP contribution < -0.4 is 4.74 Å². The van der Waals surface area contributed by atoms with Crippen LogP contribution >= 0.6 is 0 Å². The third kappa shape index (κ3) is 4.60. The van der Waals surface area contributed by atoms with Crippen molar-refractivity contribution in [2.45, 2.75) is 26.2 Å². The molecule has 2 aromatic carbocycles. The third-order valence-electron chi connectivity index (χ3n) is 4.64. The van der Waals surface area contributed by atoms with Crippen LogP contribution in [0, 0.1) is 12.8 Å². The summed E-state index contributed by atoms with van der Waals surface area (Å²) in [4.78, 5) is 14.4. The topological polar surface area (TPSA) is 29.5 Å². The predicted octanol–water partition coefficient (Wildman–Crippen LogP) is 3.86. The number of nitrogens with zero attached hydrogens (tertiary/aromatic N) is 1. The Morgan fingerprint density at radius 2 is 1.83 bits per heavy atom. The number of hydrogen-bond acceptors (Lipinski definition) is 2. The zero-order valence-electron chi connectivity index (χ0n) is 14.3. The van der Waals surface area contributed by atoms with E-state index in [-0.39, 0.29) is 5.91 Å². The number of carbonyl (C=O) groups excluding carboxylic acids is 1. The average Bonchev–Trinajstić information content (AvgIpc) is 2.61. The van der Waals surface area contributed by atoms with Crippen LogP contribution in [0.2, 0.25) is 0 Å². The second-order valence-electron chi connectivity index (χ2n) is 6.61. The quantitative estimate of drug-likeness (QED) is 0.836. The lowest BCUT2D eigenvalue weighted by atomic mass is 9.97. The Kier molecular flexibility index (Phi) is 5.52. The molecule has 1 aliphatic rings. The van der Waals surface area contributed by atoms with Gasteiger partial charge < -0.3 is 9.64 Å². The number of hydrogen-bond donors (Lipinski definition) is 0. The van der Waals surface area contributed by atoms with E-state index in [4.69, 9.17) is 4.74 Å². The number of likely N-dealkylation sites (tertiary alicyclic amines) is 1. The summed E-state index contributed by atoms with van der Waals surface area (Å²) >= 11 is 0. The Balaban J connectivity index is 1.43. The van der Waals surface area contributed by atoms with Crippen LogP contribution in [0.25, 0.3) is 0 Å². The molecule has 24 heavy (non-hydrogen) atoms. The molecule has 0 aliphatic carbocycles. The lowest BCUT2D eigenvalue weighted by Crippen LogP contribution is -2.40. The van der Waals surface area contributed by atoms with Gasteiger partial charge >= 0.3 is 0 Å². The maximum Gasteiger partial charge on any atom is 0.226 e. The van der Waals surface area contributed by atoms with Crippen molar-refractivity contribution in [1.82, 2.24) is 4.90 Å². The molecule has 3 heteroatoms. The highest BCUT2D eigenvalue weighted by Gasteiger charge is 2.23. The summed E-state index contributed by atoms with van der Waals surface area (Å²) in [7, 11) is 0. The zero-order valence-corrected chi connectivity index (χ0v) is 14.3. The summed E-state index contributed by atoms with van der Waals surface area (Å²) < 4.78 is 5.91. The van der Waals surface area contributed by atoms with Crippen molar-refractivity contribution in [1.29, 1.82) is 0 Å². The molecule has 1 aliphatic heterocycles. The van der Waals surface area contributed by atoms with Crippen LogP contribution in [0.4, 0.5) is 0 Å². The largest absolute Gasteiger partial charge is 0.493 e. The van der Waals surface area contributed by atoms with E-state index in [1.54, 1.807) is 0 Å². The molecule has 3 rings (SSSR count). The van der Waals surface area contributed by atoms with Crippen LogP contribution in [0.15, 0.2) is 54.6 Å². The summed E-state index contributed by atoms with van der Waals surface area (Å²) in [6, 6.07) is 18.1. The Morgan fingerprint density at radius 1 is 1.08 bits per heavy atom. The fourth-order valence-electron chi connectivity index (χ4n) is 3.15. The lowest BCUT2D eigenvalue weighted by Gasteiger charge is -2.32. The van der Waals surface area contributed by atoms with Gasteiger partial charge in [-0.25, -0.2) is 0 Å². The van der Waals surface area contributed by atoms with E-state index in [2.05, 4.69) is 19.1 Å². The Labute approximate surface area is 144 Å². The van der Waals surface area contributed by atoms with Gasteiger partial charge in [-0.05, 0) is 48.9 Å². The molecule has 2 aromatic rings. The van der Waals surface area contributed by atoms with Crippen molar-refractivity contribution in [3.63, 3.8) is 0 Å². The third-order valence-corrected chi connectivity index (χ3v) is 4.64. The molecule has 0 spiro atoms. The fourth-order valence-corrected chi connectivity index (χ4v) is 3.15. The van der Waals surface area contributed by atoms with E-state index in [9.17, 15) is 4.79 Å². The Bertz CT molecular complexity index is 661. The molecule has 1 amide bonds. The summed E-state index contributed by atoms with van der Waals surface area (Å²) in [5.41, 5.74) is 2.31. The second-order valence-corrected chi connectivity index (χ2v) is 6.61. The molecule has 0 saturated carbocycles. The number of amides is 1. The minimum absolute atomic E-state index is 0.235. The minimum Gasteiger partial charge on any atom is -0.493 e. The van der Waals surface area contributed by atoms with Gasteiger partial charge in [0.05, 0.1) is 13.0 Å². The van der Waals surface area contributed by atoms with E-state index in [1.165, 1.54) is 5.56 Å². The Morgan fingerprint density at radius 3 is 2.54 bits per heavy atom. The number of rotatable bonds is 5. The van der Waals surface area contributed by atoms with Crippen molar-refractivity contribution in [2.75, 3.05) is 19.7 Å². The summed E-state index contributed by atoms with van der Waals surface area (Å²) in [6.45, 7) is 4.49. The van der Waals surface area contributed by atoms with Gasteiger partial charge in [0.25, 0.3) is 0 Å². The standard InChI is InChI=1S/C21H25NO2/c1-17-6-5-9-20(14-17)24-16-19-10-12-22(13-11-19)21(23)15-18-7-3-2-4-8-18/h2-9,14,19H,10-13,15-16H2,1H3. The van der Waals surface area contributed by atoms with E-state index < -0.39 is 0 Å². The number of benzene rings is 2. The SMILES string of the molecule is Cc1cccc(OCC2CCN(C(=O)Cc3ccccc3)CC2)c1. The number of carbonyl (C=O) groups is 1. The second kappa shape index (κ2) is 8.00. The highest BCUT2D eigenvalue weighted by atomic mass is 16.5. The molecule has 0 aromatic heterocycles. The summed E-state index contributed by atoms with van der Waals surface area (Å²) in [6.07, 6.45) is 2.55. The maximum absolute atomic E-state index is 12.4. The number of ether oxygens (including phenoxy) is 1.